The molecule has 0 spiro atoms. The molecule has 1 N–H and O–H groups in total. The fourth-order valence-corrected chi connectivity index (χ4v) is 3.75. The summed E-state index contributed by atoms with van der Waals surface area (Å²) in [4.78, 5) is 14.4. The summed E-state index contributed by atoms with van der Waals surface area (Å²) >= 11 is 0. The fourth-order valence-electron chi connectivity index (χ4n) is 3.75. The molecule has 1 unspecified atom stereocenters. The Kier molecular flexibility index (Phi) is 4.25. The summed E-state index contributed by atoms with van der Waals surface area (Å²) in [6.07, 6.45) is 0.257. The number of rotatable bonds is 3. The second-order valence-corrected chi connectivity index (χ2v) is 7.40. The Morgan fingerprint density at radius 3 is 2.48 bits per heavy atom. The third-order valence-electron chi connectivity index (χ3n) is 5.39. The first kappa shape index (κ1) is 18.0. The number of hydrogen-bond acceptors (Lipinski definition) is 3. The summed E-state index contributed by atoms with van der Waals surface area (Å²) in [5.74, 6) is 0.120. The summed E-state index contributed by atoms with van der Waals surface area (Å²) in [6.45, 7) is 0.941. The number of carbonyl (C=O) groups is 1. The molecular formula is C19H20F3N3O2. The highest BCUT2D eigenvalue weighted by Crippen LogP contribution is 2.44. The van der Waals surface area contributed by atoms with Gasteiger partial charge in [-0.2, -0.15) is 18.3 Å². The Hall–Kier alpha value is -2.35. The number of aliphatic hydroxyl groups is 1. The van der Waals surface area contributed by atoms with Crippen LogP contribution in [0.4, 0.5) is 13.2 Å². The molecule has 1 amide bonds. The van der Waals surface area contributed by atoms with Gasteiger partial charge in [-0.25, -0.2) is 4.68 Å². The molecule has 2 aliphatic rings. The van der Waals surface area contributed by atoms with Crippen molar-refractivity contribution in [1.29, 1.82) is 0 Å². The molecule has 1 atom stereocenters. The van der Waals surface area contributed by atoms with Crippen LogP contribution in [0.1, 0.15) is 41.7 Å². The lowest BCUT2D eigenvalue weighted by Gasteiger charge is -2.39. The lowest BCUT2D eigenvalue weighted by Crippen LogP contribution is -2.51. The summed E-state index contributed by atoms with van der Waals surface area (Å²) in [6, 6.07) is 7.20. The molecule has 144 valence electrons. The molecular weight excluding hydrogens is 359 g/mol. The van der Waals surface area contributed by atoms with E-state index in [-0.39, 0.29) is 11.8 Å². The van der Waals surface area contributed by atoms with Crippen molar-refractivity contribution in [3.63, 3.8) is 0 Å². The lowest BCUT2D eigenvalue weighted by molar-refractivity contribution is -0.141. The van der Waals surface area contributed by atoms with E-state index < -0.39 is 17.5 Å². The van der Waals surface area contributed by atoms with E-state index in [4.69, 9.17) is 0 Å². The van der Waals surface area contributed by atoms with Gasteiger partial charge >= 0.3 is 6.18 Å². The fraction of sp³-hybridized carbons (Fsp3) is 0.474. The smallest absolute Gasteiger partial charge is 0.388 e. The molecule has 2 aromatic rings. The van der Waals surface area contributed by atoms with Crippen LogP contribution in [0.2, 0.25) is 0 Å². The number of carbonyl (C=O) groups excluding carboxylic acids is 1. The van der Waals surface area contributed by atoms with Gasteiger partial charge in [0.2, 0.25) is 0 Å². The van der Waals surface area contributed by atoms with Gasteiger partial charge < -0.3 is 10.0 Å². The van der Waals surface area contributed by atoms with E-state index in [1.165, 1.54) is 6.20 Å². The second kappa shape index (κ2) is 6.37. The average Bonchev–Trinajstić information content (AvgIpc) is 3.38. The van der Waals surface area contributed by atoms with Crippen LogP contribution in [-0.4, -0.2) is 44.4 Å². The van der Waals surface area contributed by atoms with E-state index in [0.29, 0.717) is 24.3 Å². The van der Waals surface area contributed by atoms with Crippen LogP contribution in [0.15, 0.2) is 36.5 Å². The van der Waals surface area contributed by atoms with Crippen LogP contribution in [0, 0.1) is 5.92 Å². The molecule has 27 heavy (non-hydrogen) atoms. The maximum atomic E-state index is 12.8. The number of aromatic nitrogens is 2. The predicted octanol–water partition coefficient (Wildman–Crippen LogP) is 3.27. The minimum absolute atomic E-state index is 0.170. The third-order valence-corrected chi connectivity index (χ3v) is 5.39. The Morgan fingerprint density at radius 2 is 1.89 bits per heavy atom. The molecule has 8 heteroatoms. The topological polar surface area (TPSA) is 58.4 Å². The summed E-state index contributed by atoms with van der Waals surface area (Å²) in [5, 5.41) is 14.3. The van der Waals surface area contributed by atoms with Crippen LogP contribution >= 0.6 is 0 Å². The highest BCUT2D eigenvalue weighted by atomic mass is 19.4. The molecule has 1 aromatic carbocycles. The molecule has 2 heterocycles. The molecule has 1 saturated carbocycles. The van der Waals surface area contributed by atoms with Gasteiger partial charge in [0.05, 0.1) is 11.3 Å². The number of piperidine rings is 1. The second-order valence-electron chi connectivity index (χ2n) is 7.40. The maximum absolute atomic E-state index is 12.8. The van der Waals surface area contributed by atoms with E-state index in [2.05, 4.69) is 5.10 Å². The van der Waals surface area contributed by atoms with E-state index >= 15 is 0 Å². The number of hydrogen-bond donors (Lipinski definition) is 1. The molecule has 0 bridgehead atoms. The minimum Gasteiger partial charge on any atom is -0.388 e. The number of amides is 1. The van der Waals surface area contributed by atoms with Gasteiger partial charge in [-0.15, -0.1) is 0 Å². The Labute approximate surface area is 154 Å². The van der Waals surface area contributed by atoms with Crippen LogP contribution in [0.25, 0.3) is 5.69 Å². The maximum Gasteiger partial charge on any atom is 0.435 e. The number of alkyl halides is 3. The summed E-state index contributed by atoms with van der Waals surface area (Å²) in [7, 11) is 0. The molecule has 5 nitrogen and oxygen atoms in total. The molecule has 2 fully saturated rings. The normalized spacial score (nSPS) is 23.5. The van der Waals surface area contributed by atoms with Gasteiger partial charge in [0.25, 0.3) is 5.91 Å². The van der Waals surface area contributed by atoms with E-state index in [1.54, 1.807) is 29.2 Å². The van der Waals surface area contributed by atoms with Crippen molar-refractivity contribution >= 4 is 5.91 Å². The first-order valence-corrected chi connectivity index (χ1v) is 9.01. The van der Waals surface area contributed by atoms with E-state index in [0.717, 1.165) is 36.4 Å². The number of β-amino-alcohol motifs (C(OH)–C–C–N with tert-alkyl or cyclic N) is 1. The Balaban J connectivity index is 1.48. The van der Waals surface area contributed by atoms with Gasteiger partial charge in [-0.1, -0.05) is 0 Å². The van der Waals surface area contributed by atoms with Crippen LogP contribution < -0.4 is 0 Å². The molecule has 1 aliphatic carbocycles. The zero-order chi connectivity index (χ0) is 19.2. The van der Waals surface area contributed by atoms with Crippen LogP contribution in [0.3, 0.4) is 0 Å². The average molecular weight is 379 g/mol. The zero-order valence-electron chi connectivity index (χ0n) is 14.6. The van der Waals surface area contributed by atoms with Crippen molar-refractivity contribution in [2.75, 3.05) is 13.1 Å². The van der Waals surface area contributed by atoms with Crippen molar-refractivity contribution in [1.82, 2.24) is 14.7 Å². The monoisotopic (exact) mass is 379 g/mol. The minimum atomic E-state index is -4.49. The van der Waals surface area contributed by atoms with Crippen LogP contribution in [0.5, 0.6) is 0 Å². The number of nitrogens with zero attached hydrogens (tertiary/aromatic N) is 3. The molecule has 1 aromatic heterocycles. The van der Waals surface area contributed by atoms with Gasteiger partial charge in [-0.05, 0) is 61.9 Å². The molecule has 1 saturated heterocycles. The van der Waals surface area contributed by atoms with Crippen molar-refractivity contribution in [3.05, 3.63) is 47.8 Å². The van der Waals surface area contributed by atoms with Gasteiger partial charge in [0.1, 0.15) is 0 Å². The van der Waals surface area contributed by atoms with E-state index in [1.807, 2.05) is 0 Å². The zero-order valence-corrected chi connectivity index (χ0v) is 14.6. The first-order chi connectivity index (χ1) is 12.8. The summed E-state index contributed by atoms with van der Waals surface area (Å²) < 4.78 is 39.1. The number of benzene rings is 1. The van der Waals surface area contributed by atoms with Crippen molar-refractivity contribution in [3.8, 4) is 5.69 Å². The quantitative estimate of drug-likeness (QED) is 0.891. The van der Waals surface area contributed by atoms with Gasteiger partial charge in [0, 0.05) is 24.8 Å². The van der Waals surface area contributed by atoms with Gasteiger partial charge in [0.15, 0.2) is 5.69 Å². The SMILES string of the molecule is O=C(c1ccc(-n2ccc(C(F)(F)F)n2)cc1)N1CCCC(O)(C2CC2)C1. The largest absolute Gasteiger partial charge is 0.435 e. The Morgan fingerprint density at radius 1 is 1.19 bits per heavy atom. The van der Waals surface area contributed by atoms with Crippen molar-refractivity contribution < 1.29 is 23.1 Å². The highest BCUT2D eigenvalue weighted by molar-refractivity contribution is 5.94. The van der Waals surface area contributed by atoms with Crippen molar-refractivity contribution in [2.45, 2.75) is 37.5 Å². The standard InChI is InChI=1S/C19H20F3N3O2/c20-19(21,22)16-8-11-25(23-16)15-6-2-13(3-7-15)17(26)24-10-1-9-18(27,12-24)14-4-5-14/h2-3,6-8,11,14,27H,1,4-5,9-10,12H2. The van der Waals surface area contributed by atoms with Gasteiger partial charge in [-0.3, -0.25) is 4.79 Å². The van der Waals surface area contributed by atoms with E-state index in [9.17, 15) is 23.1 Å². The molecule has 1 aliphatic heterocycles. The number of likely N-dealkylation sites (tertiary alicyclic amines) is 1. The molecule has 4 rings (SSSR count). The number of halogens is 3. The molecule has 0 radical (unpaired) electrons. The van der Waals surface area contributed by atoms with Crippen molar-refractivity contribution in [2.24, 2.45) is 5.92 Å². The Bertz CT molecular complexity index is 843. The summed E-state index contributed by atoms with van der Waals surface area (Å²) in [5.41, 5.74) is -0.857. The highest BCUT2D eigenvalue weighted by Gasteiger charge is 2.46. The third kappa shape index (κ3) is 3.58. The lowest BCUT2D eigenvalue weighted by atomic mass is 9.88. The van der Waals surface area contributed by atoms with Crippen LogP contribution in [-0.2, 0) is 6.18 Å². The first-order valence-electron chi connectivity index (χ1n) is 9.01. The predicted molar refractivity (Wildman–Crippen MR) is 91.4 cm³/mol.